The van der Waals surface area contributed by atoms with E-state index in [1.54, 1.807) is 19.1 Å². The standard InChI is InChI=1S/C13H9ClF3NO/c1-7-2-3-11(19)9(4-7)12-10(14)5-8(6-18-12)13(15,16)17/h2-6,19H,1H3. The van der Waals surface area contributed by atoms with Crippen LogP contribution >= 0.6 is 11.6 Å². The van der Waals surface area contributed by atoms with Gasteiger partial charge in [-0.05, 0) is 25.1 Å². The Labute approximate surface area is 112 Å². The van der Waals surface area contributed by atoms with Crippen molar-refractivity contribution >= 4 is 11.6 Å². The Hall–Kier alpha value is -1.75. The van der Waals surface area contributed by atoms with Crippen molar-refractivity contribution in [1.82, 2.24) is 4.98 Å². The van der Waals surface area contributed by atoms with Crippen molar-refractivity contribution in [1.29, 1.82) is 0 Å². The Balaban J connectivity index is 2.55. The second-order valence-electron chi connectivity index (χ2n) is 4.07. The summed E-state index contributed by atoms with van der Waals surface area (Å²) in [6.45, 7) is 1.79. The number of nitrogens with zero attached hydrogens (tertiary/aromatic N) is 1. The van der Waals surface area contributed by atoms with Gasteiger partial charge in [0.2, 0.25) is 0 Å². The normalized spacial score (nSPS) is 11.6. The number of halogens is 4. The predicted octanol–water partition coefficient (Wildman–Crippen LogP) is 4.43. The zero-order valence-corrected chi connectivity index (χ0v) is 10.5. The minimum Gasteiger partial charge on any atom is -0.507 e. The van der Waals surface area contributed by atoms with Crippen molar-refractivity contribution in [2.45, 2.75) is 13.1 Å². The highest BCUT2D eigenvalue weighted by molar-refractivity contribution is 6.33. The van der Waals surface area contributed by atoms with E-state index in [0.29, 0.717) is 11.8 Å². The van der Waals surface area contributed by atoms with Crippen molar-refractivity contribution in [2.24, 2.45) is 0 Å². The van der Waals surface area contributed by atoms with Crippen molar-refractivity contribution < 1.29 is 18.3 Å². The van der Waals surface area contributed by atoms with Gasteiger partial charge in [0.25, 0.3) is 0 Å². The molecule has 0 fully saturated rings. The quantitative estimate of drug-likeness (QED) is 0.841. The van der Waals surface area contributed by atoms with Gasteiger partial charge in [-0.25, -0.2) is 0 Å². The zero-order chi connectivity index (χ0) is 14.2. The molecule has 1 heterocycles. The Morgan fingerprint density at radius 3 is 2.47 bits per heavy atom. The number of benzene rings is 1. The molecule has 1 N–H and O–H groups in total. The molecule has 1 aromatic heterocycles. The van der Waals surface area contributed by atoms with Gasteiger partial charge in [0.1, 0.15) is 5.75 Å². The number of hydrogen-bond donors (Lipinski definition) is 1. The van der Waals surface area contributed by atoms with E-state index in [9.17, 15) is 18.3 Å². The van der Waals surface area contributed by atoms with Crippen LogP contribution in [0.5, 0.6) is 5.75 Å². The Kier molecular flexibility index (Phi) is 3.41. The molecule has 1 aromatic carbocycles. The highest BCUT2D eigenvalue weighted by Gasteiger charge is 2.31. The molecule has 2 nitrogen and oxygen atoms in total. The minimum absolute atomic E-state index is 0.0836. The second-order valence-corrected chi connectivity index (χ2v) is 4.48. The summed E-state index contributed by atoms with van der Waals surface area (Å²) >= 11 is 5.82. The Morgan fingerprint density at radius 1 is 1.21 bits per heavy atom. The van der Waals surface area contributed by atoms with Crippen LogP contribution in [0.25, 0.3) is 11.3 Å². The first kappa shape index (κ1) is 13.7. The number of hydrogen-bond acceptors (Lipinski definition) is 2. The maximum Gasteiger partial charge on any atom is 0.417 e. The van der Waals surface area contributed by atoms with Crippen LogP contribution in [-0.4, -0.2) is 10.1 Å². The minimum atomic E-state index is -4.50. The molecule has 6 heteroatoms. The van der Waals surface area contributed by atoms with E-state index in [1.165, 1.54) is 6.07 Å². The largest absolute Gasteiger partial charge is 0.507 e. The summed E-state index contributed by atoms with van der Waals surface area (Å²) in [5.74, 6) is -0.0836. The Bertz CT molecular complexity index is 626. The summed E-state index contributed by atoms with van der Waals surface area (Å²) in [7, 11) is 0. The third-order valence-electron chi connectivity index (χ3n) is 2.58. The summed E-state index contributed by atoms with van der Waals surface area (Å²) in [6, 6.07) is 5.53. The highest BCUT2D eigenvalue weighted by atomic mass is 35.5. The van der Waals surface area contributed by atoms with Gasteiger partial charge in [-0.1, -0.05) is 23.2 Å². The third-order valence-corrected chi connectivity index (χ3v) is 2.86. The summed E-state index contributed by atoms with van der Waals surface area (Å²) in [4.78, 5) is 3.70. The molecule has 0 atom stereocenters. The molecular weight excluding hydrogens is 279 g/mol. The zero-order valence-electron chi connectivity index (χ0n) is 9.79. The molecule has 0 aliphatic rings. The fourth-order valence-corrected chi connectivity index (χ4v) is 1.90. The van der Waals surface area contributed by atoms with E-state index in [2.05, 4.69) is 4.98 Å². The van der Waals surface area contributed by atoms with Crippen LogP contribution in [0, 0.1) is 6.92 Å². The van der Waals surface area contributed by atoms with Crippen LogP contribution in [0.3, 0.4) is 0 Å². The van der Waals surface area contributed by atoms with Crippen LogP contribution in [0.4, 0.5) is 13.2 Å². The van der Waals surface area contributed by atoms with Crippen LogP contribution in [0.1, 0.15) is 11.1 Å². The first-order valence-electron chi connectivity index (χ1n) is 5.32. The molecule has 2 rings (SSSR count). The van der Waals surface area contributed by atoms with Crippen LogP contribution in [0.2, 0.25) is 5.02 Å². The van der Waals surface area contributed by atoms with Crippen molar-refractivity contribution in [3.63, 3.8) is 0 Å². The number of aromatic hydroxyl groups is 1. The van der Waals surface area contributed by atoms with E-state index < -0.39 is 11.7 Å². The monoisotopic (exact) mass is 287 g/mol. The summed E-state index contributed by atoms with van der Waals surface area (Å²) in [6.07, 6.45) is -3.80. The van der Waals surface area contributed by atoms with Gasteiger partial charge in [0.05, 0.1) is 16.3 Å². The first-order chi connectivity index (χ1) is 8.79. The number of rotatable bonds is 1. The highest BCUT2D eigenvalue weighted by Crippen LogP contribution is 2.37. The van der Waals surface area contributed by atoms with Crippen LogP contribution in [-0.2, 0) is 6.18 Å². The molecule has 0 spiro atoms. The van der Waals surface area contributed by atoms with Gasteiger partial charge in [-0.3, -0.25) is 4.98 Å². The summed E-state index contributed by atoms with van der Waals surface area (Å²) in [5, 5.41) is 9.56. The Morgan fingerprint density at radius 2 is 1.89 bits per heavy atom. The molecular formula is C13H9ClF3NO. The van der Waals surface area contributed by atoms with Crippen molar-refractivity contribution in [3.05, 3.63) is 46.6 Å². The van der Waals surface area contributed by atoms with Gasteiger partial charge in [-0.15, -0.1) is 0 Å². The predicted molar refractivity (Wildman–Crippen MR) is 66.1 cm³/mol. The molecule has 0 unspecified atom stereocenters. The lowest BCUT2D eigenvalue weighted by Gasteiger charge is -2.10. The molecule has 0 saturated heterocycles. The molecule has 0 bridgehead atoms. The maximum absolute atomic E-state index is 12.5. The number of aryl methyl sites for hydroxylation is 1. The van der Waals surface area contributed by atoms with E-state index in [0.717, 1.165) is 11.6 Å². The van der Waals surface area contributed by atoms with Crippen molar-refractivity contribution in [2.75, 3.05) is 0 Å². The molecule has 0 aliphatic heterocycles. The lowest BCUT2D eigenvalue weighted by atomic mass is 10.1. The SMILES string of the molecule is Cc1ccc(O)c(-c2ncc(C(F)(F)F)cc2Cl)c1. The van der Waals surface area contributed by atoms with E-state index in [-0.39, 0.29) is 16.5 Å². The average molecular weight is 288 g/mol. The average Bonchev–Trinajstić information content (AvgIpc) is 2.31. The fourth-order valence-electron chi connectivity index (χ4n) is 1.63. The topological polar surface area (TPSA) is 33.1 Å². The van der Waals surface area contributed by atoms with E-state index >= 15 is 0 Å². The number of alkyl halides is 3. The maximum atomic E-state index is 12.5. The van der Waals surface area contributed by atoms with Gasteiger partial charge >= 0.3 is 6.18 Å². The lowest BCUT2D eigenvalue weighted by Crippen LogP contribution is -2.05. The van der Waals surface area contributed by atoms with Gasteiger partial charge in [0.15, 0.2) is 0 Å². The van der Waals surface area contributed by atoms with Crippen LogP contribution < -0.4 is 0 Å². The van der Waals surface area contributed by atoms with Gasteiger partial charge in [0, 0.05) is 11.8 Å². The molecule has 0 saturated carbocycles. The second kappa shape index (κ2) is 4.74. The first-order valence-corrected chi connectivity index (χ1v) is 5.69. The number of aromatic nitrogens is 1. The lowest BCUT2D eigenvalue weighted by molar-refractivity contribution is -0.137. The smallest absolute Gasteiger partial charge is 0.417 e. The number of pyridine rings is 1. The molecule has 19 heavy (non-hydrogen) atoms. The van der Waals surface area contributed by atoms with E-state index in [1.807, 2.05) is 0 Å². The van der Waals surface area contributed by atoms with Crippen molar-refractivity contribution in [3.8, 4) is 17.0 Å². The molecule has 0 radical (unpaired) electrons. The third kappa shape index (κ3) is 2.81. The summed E-state index contributed by atoms with van der Waals surface area (Å²) in [5.41, 5.74) is 0.341. The number of phenolic OH excluding ortho intramolecular Hbond substituents is 1. The summed E-state index contributed by atoms with van der Waals surface area (Å²) < 4.78 is 37.5. The van der Waals surface area contributed by atoms with Crippen LogP contribution in [0.15, 0.2) is 30.5 Å². The molecule has 0 amide bonds. The molecule has 0 aliphatic carbocycles. The molecule has 100 valence electrons. The van der Waals surface area contributed by atoms with Gasteiger partial charge < -0.3 is 5.11 Å². The molecule has 2 aromatic rings. The number of phenols is 1. The fraction of sp³-hybridized carbons (Fsp3) is 0.154. The van der Waals surface area contributed by atoms with Gasteiger partial charge in [-0.2, -0.15) is 13.2 Å². The van der Waals surface area contributed by atoms with E-state index in [4.69, 9.17) is 11.6 Å².